The molecular weight excluding hydrogens is 200 g/mol. The highest BCUT2D eigenvalue weighted by atomic mass is 16.5. The molecule has 16 heavy (non-hydrogen) atoms. The van der Waals surface area contributed by atoms with E-state index in [9.17, 15) is 0 Å². The molecule has 0 heterocycles. The van der Waals surface area contributed by atoms with Crippen LogP contribution in [0.5, 0.6) is 0 Å². The van der Waals surface area contributed by atoms with Crippen molar-refractivity contribution in [1.29, 1.82) is 0 Å². The van der Waals surface area contributed by atoms with E-state index >= 15 is 0 Å². The second-order valence-electron chi connectivity index (χ2n) is 5.30. The molecule has 0 aliphatic heterocycles. The molecule has 1 aliphatic rings. The topological polar surface area (TPSA) is 38.5 Å². The Kier molecular flexibility index (Phi) is 5.22. The average Bonchev–Trinajstić information content (AvgIpc) is 3.07. The van der Waals surface area contributed by atoms with Crippen LogP contribution in [0.25, 0.3) is 0 Å². The summed E-state index contributed by atoms with van der Waals surface area (Å²) in [5, 5.41) is 0. The molecule has 0 aromatic carbocycles. The van der Waals surface area contributed by atoms with Crippen LogP contribution in [0.4, 0.5) is 0 Å². The maximum Gasteiger partial charge on any atom is 0.0661 e. The molecule has 0 spiro atoms. The van der Waals surface area contributed by atoms with Crippen molar-refractivity contribution in [3.63, 3.8) is 0 Å². The average molecular weight is 228 g/mol. The first-order valence-corrected chi connectivity index (χ1v) is 6.58. The normalized spacial score (nSPS) is 20.4. The highest BCUT2D eigenvalue weighted by Gasteiger charge is 2.48. The van der Waals surface area contributed by atoms with E-state index in [0.29, 0.717) is 12.6 Å². The minimum Gasteiger partial charge on any atom is -0.383 e. The number of hydrogen-bond acceptors (Lipinski definition) is 3. The minimum absolute atomic E-state index is 0.0823. The van der Waals surface area contributed by atoms with Gasteiger partial charge < -0.3 is 10.5 Å². The van der Waals surface area contributed by atoms with Crippen molar-refractivity contribution < 1.29 is 4.74 Å². The number of hydrogen-bond donors (Lipinski definition) is 1. The molecule has 1 rings (SSSR count). The maximum absolute atomic E-state index is 6.08. The van der Waals surface area contributed by atoms with Gasteiger partial charge in [0.05, 0.1) is 12.1 Å². The summed E-state index contributed by atoms with van der Waals surface area (Å²) in [5.74, 6) is 0.742. The van der Waals surface area contributed by atoms with Crippen molar-refractivity contribution >= 4 is 0 Å². The van der Waals surface area contributed by atoms with Crippen molar-refractivity contribution in [3.8, 4) is 0 Å². The Labute approximate surface area is 100 Å². The summed E-state index contributed by atoms with van der Waals surface area (Å²) in [6.45, 7) is 9.36. The van der Waals surface area contributed by atoms with Crippen LogP contribution in [0, 0.1) is 5.92 Å². The van der Waals surface area contributed by atoms with Crippen molar-refractivity contribution in [2.75, 3.05) is 26.8 Å². The predicted octanol–water partition coefficient (Wildman–Crippen LogP) is 1.86. The van der Waals surface area contributed by atoms with Gasteiger partial charge >= 0.3 is 0 Å². The van der Waals surface area contributed by atoms with E-state index in [4.69, 9.17) is 10.5 Å². The van der Waals surface area contributed by atoms with Crippen LogP contribution in [-0.2, 0) is 4.74 Å². The molecule has 0 bridgehead atoms. The second-order valence-corrected chi connectivity index (χ2v) is 5.30. The van der Waals surface area contributed by atoms with Gasteiger partial charge in [0.25, 0.3) is 0 Å². The van der Waals surface area contributed by atoms with Crippen LogP contribution in [0.1, 0.15) is 40.0 Å². The van der Waals surface area contributed by atoms with Gasteiger partial charge in [-0.3, -0.25) is 4.90 Å². The molecule has 0 radical (unpaired) electrons. The van der Waals surface area contributed by atoms with Crippen LogP contribution in [-0.4, -0.2) is 43.3 Å². The van der Waals surface area contributed by atoms with E-state index in [-0.39, 0.29) is 5.54 Å². The summed E-state index contributed by atoms with van der Waals surface area (Å²) in [7, 11) is 1.79. The second kappa shape index (κ2) is 5.99. The minimum atomic E-state index is 0.0823. The Bertz CT molecular complexity index is 204. The third kappa shape index (κ3) is 2.76. The van der Waals surface area contributed by atoms with Gasteiger partial charge in [0.15, 0.2) is 0 Å². The largest absolute Gasteiger partial charge is 0.383 e. The molecule has 1 unspecified atom stereocenters. The number of rotatable bonds is 8. The molecule has 2 N–H and O–H groups in total. The van der Waals surface area contributed by atoms with Crippen molar-refractivity contribution in [3.05, 3.63) is 0 Å². The summed E-state index contributed by atoms with van der Waals surface area (Å²) >= 11 is 0. The summed E-state index contributed by atoms with van der Waals surface area (Å²) in [4.78, 5) is 2.56. The van der Waals surface area contributed by atoms with E-state index in [1.54, 1.807) is 7.11 Å². The third-order valence-corrected chi connectivity index (χ3v) is 3.74. The fourth-order valence-corrected chi connectivity index (χ4v) is 2.88. The SMILES string of the molecule is CCCN(C(C)C)C(CN)(COC)C1CC1. The number of ether oxygens (including phenoxy) is 1. The Hall–Kier alpha value is -0.120. The monoisotopic (exact) mass is 228 g/mol. The van der Waals surface area contributed by atoms with E-state index in [1.807, 2.05) is 0 Å². The van der Waals surface area contributed by atoms with Gasteiger partial charge in [-0.25, -0.2) is 0 Å². The zero-order valence-corrected chi connectivity index (χ0v) is 11.3. The fraction of sp³-hybridized carbons (Fsp3) is 1.00. The molecule has 1 aliphatic carbocycles. The van der Waals surface area contributed by atoms with Gasteiger partial charge in [0, 0.05) is 19.7 Å². The lowest BCUT2D eigenvalue weighted by molar-refractivity contribution is -0.0190. The van der Waals surface area contributed by atoms with Crippen LogP contribution in [0.15, 0.2) is 0 Å². The van der Waals surface area contributed by atoms with Crippen LogP contribution < -0.4 is 5.73 Å². The first-order valence-electron chi connectivity index (χ1n) is 6.58. The lowest BCUT2D eigenvalue weighted by atomic mass is 9.90. The molecule has 96 valence electrons. The summed E-state index contributed by atoms with van der Waals surface area (Å²) in [6.07, 6.45) is 3.80. The zero-order valence-electron chi connectivity index (χ0n) is 11.3. The van der Waals surface area contributed by atoms with E-state index < -0.39 is 0 Å². The molecular formula is C13H28N2O. The Morgan fingerprint density at radius 1 is 1.44 bits per heavy atom. The molecule has 0 amide bonds. The zero-order chi connectivity index (χ0) is 12.2. The summed E-state index contributed by atoms with van der Waals surface area (Å²) in [5.41, 5.74) is 6.16. The highest BCUT2D eigenvalue weighted by molar-refractivity contribution is 5.04. The van der Waals surface area contributed by atoms with Crippen molar-refractivity contribution in [2.45, 2.75) is 51.6 Å². The van der Waals surface area contributed by atoms with Crippen molar-refractivity contribution in [2.24, 2.45) is 11.7 Å². The fourth-order valence-electron chi connectivity index (χ4n) is 2.88. The van der Waals surface area contributed by atoms with Crippen LogP contribution in [0.3, 0.4) is 0 Å². The summed E-state index contributed by atoms with van der Waals surface area (Å²) in [6, 6.07) is 0.541. The smallest absolute Gasteiger partial charge is 0.0661 e. The Balaban J connectivity index is 2.85. The van der Waals surface area contributed by atoms with E-state index in [2.05, 4.69) is 25.7 Å². The van der Waals surface area contributed by atoms with E-state index in [1.165, 1.54) is 19.3 Å². The summed E-state index contributed by atoms with van der Waals surface area (Å²) < 4.78 is 5.46. The van der Waals surface area contributed by atoms with Crippen LogP contribution >= 0.6 is 0 Å². The molecule has 3 heteroatoms. The lowest BCUT2D eigenvalue weighted by Gasteiger charge is -2.46. The standard InChI is InChI=1S/C13H28N2O/c1-5-8-15(11(2)3)13(9-14,10-16-4)12-6-7-12/h11-12H,5-10,14H2,1-4H3. The van der Waals surface area contributed by atoms with Gasteiger partial charge in [-0.1, -0.05) is 6.92 Å². The number of nitrogens with zero attached hydrogens (tertiary/aromatic N) is 1. The molecule has 0 aromatic heterocycles. The van der Waals surface area contributed by atoms with Crippen molar-refractivity contribution in [1.82, 2.24) is 4.90 Å². The molecule has 1 atom stereocenters. The molecule has 0 saturated heterocycles. The molecule has 3 nitrogen and oxygen atoms in total. The van der Waals surface area contributed by atoms with Gasteiger partial charge in [-0.05, 0) is 45.6 Å². The lowest BCUT2D eigenvalue weighted by Crippen LogP contribution is -2.61. The van der Waals surface area contributed by atoms with Gasteiger partial charge in [0.1, 0.15) is 0 Å². The predicted molar refractivity (Wildman–Crippen MR) is 68.5 cm³/mol. The Morgan fingerprint density at radius 2 is 2.06 bits per heavy atom. The first kappa shape index (κ1) is 13.9. The number of nitrogens with two attached hydrogens (primary N) is 1. The molecule has 1 fully saturated rings. The van der Waals surface area contributed by atoms with Gasteiger partial charge in [-0.15, -0.1) is 0 Å². The van der Waals surface area contributed by atoms with Gasteiger partial charge in [0.2, 0.25) is 0 Å². The van der Waals surface area contributed by atoms with Crippen LogP contribution in [0.2, 0.25) is 0 Å². The quantitative estimate of drug-likeness (QED) is 0.689. The van der Waals surface area contributed by atoms with E-state index in [0.717, 1.165) is 19.1 Å². The highest BCUT2D eigenvalue weighted by Crippen LogP contribution is 2.43. The maximum atomic E-state index is 6.08. The Morgan fingerprint density at radius 3 is 2.38 bits per heavy atom. The first-order chi connectivity index (χ1) is 7.62. The van der Waals surface area contributed by atoms with Gasteiger partial charge in [-0.2, -0.15) is 0 Å². The third-order valence-electron chi connectivity index (χ3n) is 3.74. The molecule has 0 aromatic rings. The molecule has 1 saturated carbocycles. The number of methoxy groups -OCH3 is 1.